The Morgan fingerprint density at radius 1 is 0.970 bits per heavy atom. The third-order valence-corrected chi connectivity index (χ3v) is 6.16. The van der Waals surface area contributed by atoms with Crippen molar-refractivity contribution in [2.45, 2.75) is 32.9 Å². The average molecular weight is 446 g/mol. The van der Waals surface area contributed by atoms with Crippen molar-refractivity contribution < 1.29 is 18.8 Å². The van der Waals surface area contributed by atoms with Gasteiger partial charge < -0.3 is 14.6 Å². The first-order valence-corrected chi connectivity index (χ1v) is 10.8. The standard InChI is InChI=1S/C26H27N3O4/c1-17-10-12-21(14-18(17)2)26(20-8-6-5-7-9-20)24(31)29(25(32)27-26)16-23(30)28(4)15-22-13-11-19(3)33-22/h5-14H,15-16H2,1-4H3,(H,27,32). The molecule has 3 aromatic rings. The van der Waals surface area contributed by atoms with E-state index in [2.05, 4.69) is 5.32 Å². The van der Waals surface area contributed by atoms with Gasteiger partial charge in [-0.15, -0.1) is 0 Å². The lowest BCUT2D eigenvalue weighted by atomic mass is 9.81. The summed E-state index contributed by atoms with van der Waals surface area (Å²) in [6.45, 7) is 5.67. The number of hydrogen-bond donors (Lipinski definition) is 1. The lowest BCUT2D eigenvalue weighted by molar-refractivity contribution is -0.138. The number of carbonyl (C=O) groups is 3. The highest BCUT2D eigenvalue weighted by Gasteiger charge is 2.54. The first kappa shape index (κ1) is 22.3. The van der Waals surface area contributed by atoms with Crippen molar-refractivity contribution in [1.29, 1.82) is 0 Å². The quantitative estimate of drug-likeness (QED) is 0.587. The van der Waals surface area contributed by atoms with Gasteiger partial charge in [-0.25, -0.2) is 4.79 Å². The number of amides is 4. The molecular weight excluding hydrogens is 418 g/mol. The molecule has 7 heteroatoms. The van der Waals surface area contributed by atoms with E-state index in [4.69, 9.17) is 4.42 Å². The SMILES string of the molecule is Cc1ccc(CN(C)C(=O)CN2C(=O)NC(c3ccccc3)(c3ccc(C)c(C)c3)C2=O)o1. The van der Waals surface area contributed by atoms with Crippen LogP contribution in [0.4, 0.5) is 4.79 Å². The molecule has 4 amide bonds. The number of benzene rings is 2. The highest BCUT2D eigenvalue weighted by molar-refractivity contribution is 6.11. The topological polar surface area (TPSA) is 82.9 Å². The molecule has 1 aromatic heterocycles. The van der Waals surface area contributed by atoms with Crippen molar-refractivity contribution in [3.63, 3.8) is 0 Å². The largest absolute Gasteiger partial charge is 0.464 e. The molecule has 170 valence electrons. The molecule has 0 aliphatic carbocycles. The number of rotatable bonds is 6. The first-order chi connectivity index (χ1) is 15.7. The van der Waals surface area contributed by atoms with Crippen LogP contribution < -0.4 is 5.32 Å². The third kappa shape index (κ3) is 4.02. The zero-order chi connectivity index (χ0) is 23.8. The van der Waals surface area contributed by atoms with Gasteiger partial charge in [-0.05, 0) is 55.2 Å². The smallest absolute Gasteiger partial charge is 0.326 e. The lowest BCUT2D eigenvalue weighted by Gasteiger charge is -2.28. The van der Waals surface area contributed by atoms with Gasteiger partial charge in [-0.1, -0.05) is 48.5 Å². The Hall–Kier alpha value is -3.87. The highest BCUT2D eigenvalue weighted by atomic mass is 16.3. The molecule has 1 atom stereocenters. The number of imide groups is 1. The number of nitrogens with one attached hydrogen (secondary N) is 1. The third-order valence-electron chi connectivity index (χ3n) is 6.16. The second-order valence-corrected chi connectivity index (χ2v) is 8.50. The molecule has 2 aromatic carbocycles. The van der Waals surface area contributed by atoms with Crippen LogP contribution in [0.25, 0.3) is 0 Å². The van der Waals surface area contributed by atoms with Crippen molar-refractivity contribution >= 4 is 17.8 Å². The molecule has 0 radical (unpaired) electrons. The van der Waals surface area contributed by atoms with E-state index in [1.807, 2.05) is 75.4 Å². The Bertz CT molecular complexity index is 1220. The second-order valence-electron chi connectivity index (χ2n) is 8.50. The van der Waals surface area contributed by atoms with E-state index in [1.165, 1.54) is 4.90 Å². The molecule has 2 heterocycles. The van der Waals surface area contributed by atoms with Crippen LogP contribution in [-0.4, -0.2) is 41.2 Å². The van der Waals surface area contributed by atoms with Gasteiger partial charge in [-0.3, -0.25) is 14.5 Å². The van der Waals surface area contributed by atoms with Gasteiger partial charge in [0.2, 0.25) is 5.91 Å². The van der Waals surface area contributed by atoms with Crippen LogP contribution in [0, 0.1) is 20.8 Å². The molecular formula is C26H27N3O4. The van der Waals surface area contributed by atoms with Gasteiger partial charge in [0, 0.05) is 7.05 Å². The highest BCUT2D eigenvalue weighted by Crippen LogP contribution is 2.36. The zero-order valence-corrected chi connectivity index (χ0v) is 19.2. The molecule has 33 heavy (non-hydrogen) atoms. The maximum absolute atomic E-state index is 13.8. The molecule has 1 unspecified atom stereocenters. The fourth-order valence-corrected chi connectivity index (χ4v) is 4.09. The number of hydrogen-bond acceptors (Lipinski definition) is 4. The van der Waals surface area contributed by atoms with Crippen LogP contribution in [0.3, 0.4) is 0 Å². The summed E-state index contributed by atoms with van der Waals surface area (Å²) in [5, 5.41) is 2.89. The van der Waals surface area contributed by atoms with Crippen molar-refractivity contribution in [3.8, 4) is 0 Å². The predicted molar refractivity (Wildman–Crippen MR) is 123 cm³/mol. The molecule has 1 fully saturated rings. The lowest BCUT2D eigenvalue weighted by Crippen LogP contribution is -2.46. The van der Waals surface area contributed by atoms with Crippen LogP contribution in [0.1, 0.15) is 33.8 Å². The van der Waals surface area contributed by atoms with E-state index >= 15 is 0 Å². The Labute approximate surface area is 193 Å². The summed E-state index contributed by atoms with van der Waals surface area (Å²) in [4.78, 5) is 42.2. The molecule has 0 saturated carbocycles. The minimum Gasteiger partial charge on any atom is -0.464 e. The van der Waals surface area contributed by atoms with Crippen molar-refractivity contribution in [3.05, 3.63) is 94.4 Å². The molecule has 4 rings (SSSR count). The van der Waals surface area contributed by atoms with Crippen LogP contribution in [0.5, 0.6) is 0 Å². The molecule has 1 saturated heterocycles. The molecule has 1 aliphatic heterocycles. The van der Waals surface area contributed by atoms with Gasteiger partial charge in [0.25, 0.3) is 5.91 Å². The number of nitrogens with zero attached hydrogens (tertiary/aromatic N) is 2. The van der Waals surface area contributed by atoms with Crippen LogP contribution in [0.2, 0.25) is 0 Å². The molecule has 0 spiro atoms. The van der Waals surface area contributed by atoms with E-state index < -0.39 is 17.5 Å². The number of likely N-dealkylation sites (N-methyl/N-ethyl adjacent to an activating group) is 1. The van der Waals surface area contributed by atoms with Crippen LogP contribution >= 0.6 is 0 Å². The van der Waals surface area contributed by atoms with Gasteiger partial charge >= 0.3 is 6.03 Å². The zero-order valence-electron chi connectivity index (χ0n) is 19.2. The predicted octanol–water partition coefficient (Wildman–Crippen LogP) is 3.66. The maximum atomic E-state index is 13.8. The van der Waals surface area contributed by atoms with E-state index in [9.17, 15) is 14.4 Å². The minimum atomic E-state index is -1.40. The maximum Gasteiger partial charge on any atom is 0.326 e. The summed E-state index contributed by atoms with van der Waals surface area (Å²) in [6, 6.07) is 17.8. The molecule has 7 nitrogen and oxygen atoms in total. The summed E-state index contributed by atoms with van der Waals surface area (Å²) in [5.74, 6) is 0.546. The summed E-state index contributed by atoms with van der Waals surface area (Å²) in [5.41, 5.74) is 1.99. The van der Waals surface area contributed by atoms with Crippen molar-refractivity contribution in [2.75, 3.05) is 13.6 Å². The van der Waals surface area contributed by atoms with Gasteiger partial charge in [0.1, 0.15) is 18.1 Å². The Morgan fingerprint density at radius 2 is 1.70 bits per heavy atom. The summed E-state index contributed by atoms with van der Waals surface area (Å²) < 4.78 is 5.53. The molecule has 0 bridgehead atoms. The second kappa shape index (κ2) is 8.58. The number of aryl methyl sites for hydroxylation is 3. The summed E-state index contributed by atoms with van der Waals surface area (Å²) in [6.07, 6.45) is 0. The van der Waals surface area contributed by atoms with Crippen molar-refractivity contribution in [2.24, 2.45) is 0 Å². The van der Waals surface area contributed by atoms with E-state index in [-0.39, 0.29) is 19.0 Å². The average Bonchev–Trinajstić information content (AvgIpc) is 3.32. The fourth-order valence-electron chi connectivity index (χ4n) is 4.09. The number of carbonyl (C=O) groups excluding carboxylic acids is 3. The Morgan fingerprint density at radius 3 is 2.33 bits per heavy atom. The van der Waals surface area contributed by atoms with Crippen LogP contribution in [0.15, 0.2) is 65.1 Å². The first-order valence-electron chi connectivity index (χ1n) is 10.8. The van der Waals surface area contributed by atoms with Crippen molar-refractivity contribution in [1.82, 2.24) is 15.1 Å². The normalized spacial score (nSPS) is 17.9. The van der Waals surface area contributed by atoms with Gasteiger partial charge in [0.05, 0.1) is 6.54 Å². The van der Waals surface area contributed by atoms with Gasteiger partial charge in [-0.2, -0.15) is 0 Å². The van der Waals surface area contributed by atoms with Crippen LogP contribution in [-0.2, 0) is 21.7 Å². The monoisotopic (exact) mass is 445 g/mol. The summed E-state index contributed by atoms with van der Waals surface area (Å²) in [7, 11) is 1.62. The number of urea groups is 1. The van der Waals surface area contributed by atoms with Gasteiger partial charge in [0.15, 0.2) is 5.54 Å². The van der Waals surface area contributed by atoms with E-state index in [0.29, 0.717) is 16.9 Å². The fraction of sp³-hybridized carbons (Fsp3) is 0.269. The van der Waals surface area contributed by atoms with E-state index in [1.54, 1.807) is 13.1 Å². The Balaban J connectivity index is 1.65. The Kier molecular flexibility index (Phi) is 5.80. The number of furan rings is 1. The minimum absolute atomic E-state index is 0.247. The summed E-state index contributed by atoms with van der Waals surface area (Å²) >= 11 is 0. The molecule has 1 N–H and O–H groups in total. The van der Waals surface area contributed by atoms with E-state index in [0.717, 1.165) is 21.8 Å². The molecule has 1 aliphatic rings.